The van der Waals surface area contributed by atoms with Crippen molar-refractivity contribution in [1.29, 1.82) is 0 Å². The average Bonchev–Trinajstić information content (AvgIpc) is 2.71. The molecule has 5 nitrogen and oxygen atoms in total. The van der Waals surface area contributed by atoms with Gasteiger partial charge in [0.15, 0.2) is 9.84 Å². The SMILES string of the molecule is Cc1ccc(S(=O)(=O)C[C@@H](CO)[C@@](F)(C(=O)NC(C)c2ccccc2)C(F)(F)F)cc1. The number of aliphatic hydroxyl groups excluding tert-OH is 1. The Hall–Kier alpha value is -2.46. The lowest BCUT2D eigenvalue weighted by Crippen LogP contribution is -2.60. The van der Waals surface area contributed by atoms with E-state index in [4.69, 9.17) is 0 Å². The van der Waals surface area contributed by atoms with Crippen LogP contribution in [0.4, 0.5) is 17.6 Å². The standard InChI is InChI=1S/C21H23F4NO4S/c1-14-8-10-18(11-9-14)31(29,30)13-17(12-27)20(22,21(23,24)25)19(28)26-15(2)16-6-4-3-5-7-16/h3-11,15,17,27H,12-13H2,1-2H3,(H,26,28)/t15?,17-,20-/m1/s1. The molecule has 2 aromatic rings. The van der Waals surface area contributed by atoms with Crippen LogP contribution in [0.3, 0.4) is 0 Å². The molecule has 170 valence electrons. The first-order valence-corrected chi connectivity index (χ1v) is 11.0. The molecule has 0 radical (unpaired) electrons. The zero-order chi connectivity index (χ0) is 23.4. The first-order valence-electron chi connectivity index (χ1n) is 9.34. The van der Waals surface area contributed by atoms with E-state index in [1.165, 1.54) is 43.3 Å². The molecular formula is C21H23F4NO4S. The van der Waals surface area contributed by atoms with Crippen molar-refractivity contribution < 1.29 is 35.9 Å². The lowest BCUT2D eigenvalue weighted by atomic mass is 9.88. The van der Waals surface area contributed by atoms with Crippen LogP contribution in [-0.2, 0) is 14.6 Å². The van der Waals surface area contributed by atoms with Crippen LogP contribution >= 0.6 is 0 Å². The summed E-state index contributed by atoms with van der Waals surface area (Å²) in [5.41, 5.74) is -3.49. The number of nitrogens with one attached hydrogen (secondary N) is 1. The molecule has 10 heteroatoms. The lowest BCUT2D eigenvalue weighted by molar-refractivity contribution is -0.243. The number of amides is 1. The van der Waals surface area contributed by atoms with Gasteiger partial charge in [0.1, 0.15) is 0 Å². The number of alkyl halides is 4. The molecule has 0 saturated heterocycles. The number of carbonyl (C=O) groups is 1. The van der Waals surface area contributed by atoms with Crippen molar-refractivity contribution in [2.75, 3.05) is 12.4 Å². The van der Waals surface area contributed by atoms with Gasteiger partial charge in [-0.2, -0.15) is 13.2 Å². The Labute approximate surface area is 178 Å². The molecule has 1 amide bonds. The molecule has 0 fully saturated rings. The summed E-state index contributed by atoms with van der Waals surface area (Å²) in [6.07, 6.45) is -5.76. The molecule has 0 saturated carbocycles. The molecule has 2 N–H and O–H groups in total. The van der Waals surface area contributed by atoms with E-state index in [9.17, 15) is 31.5 Å². The number of halogens is 4. The predicted octanol–water partition coefficient (Wildman–Crippen LogP) is 3.53. The summed E-state index contributed by atoms with van der Waals surface area (Å²) >= 11 is 0. The van der Waals surface area contributed by atoms with Crippen molar-refractivity contribution in [3.8, 4) is 0 Å². The van der Waals surface area contributed by atoms with Gasteiger partial charge in [0, 0.05) is 5.92 Å². The molecule has 0 bridgehead atoms. The number of benzene rings is 2. The highest BCUT2D eigenvalue weighted by Crippen LogP contribution is 2.42. The fraction of sp³-hybridized carbons (Fsp3) is 0.381. The Morgan fingerprint density at radius 1 is 1.03 bits per heavy atom. The van der Waals surface area contributed by atoms with Gasteiger partial charge in [0.05, 0.1) is 23.3 Å². The number of rotatable bonds is 8. The number of sulfone groups is 1. The van der Waals surface area contributed by atoms with Crippen LogP contribution < -0.4 is 5.32 Å². The van der Waals surface area contributed by atoms with Crippen LogP contribution in [0.2, 0.25) is 0 Å². The molecule has 31 heavy (non-hydrogen) atoms. The largest absolute Gasteiger partial charge is 0.432 e. The molecular weight excluding hydrogens is 438 g/mol. The summed E-state index contributed by atoms with van der Waals surface area (Å²) in [4.78, 5) is 12.1. The molecule has 0 aromatic heterocycles. The highest BCUT2D eigenvalue weighted by atomic mass is 32.2. The Morgan fingerprint density at radius 2 is 1.58 bits per heavy atom. The van der Waals surface area contributed by atoms with E-state index in [1.807, 2.05) is 5.32 Å². The average molecular weight is 461 g/mol. The first kappa shape index (κ1) is 24.8. The summed E-state index contributed by atoms with van der Waals surface area (Å²) in [6.45, 7) is 1.54. The number of hydrogen-bond donors (Lipinski definition) is 2. The summed E-state index contributed by atoms with van der Waals surface area (Å²) in [5, 5.41) is 11.4. The third-order valence-electron chi connectivity index (χ3n) is 4.97. The number of hydrogen-bond acceptors (Lipinski definition) is 4. The van der Waals surface area contributed by atoms with E-state index in [2.05, 4.69) is 0 Å². The Kier molecular flexibility index (Phi) is 7.48. The zero-order valence-corrected chi connectivity index (χ0v) is 17.7. The summed E-state index contributed by atoms with van der Waals surface area (Å²) in [6, 6.07) is 12.1. The minimum Gasteiger partial charge on any atom is -0.396 e. The minimum absolute atomic E-state index is 0.334. The predicted molar refractivity (Wildman–Crippen MR) is 107 cm³/mol. The van der Waals surface area contributed by atoms with Crippen molar-refractivity contribution in [2.24, 2.45) is 5.92 Å². The van der Waals surface area contributed by atoms with E-state index in [1.54, 1.807) is 25.1 Å². The fourth-order valence-electron chi connectivity index (χ4n) is 3.07. The maximum Gasteiger partial charge on any atom is 0.432 e. The molecule has 2 rings (SSSR count). The van der Waals surface area contributed by atoms with Crippen LogP contribution in [-0.4, -0.2) is 43.6 Å². The van der Waals surface area contributed by atoms with E-state index in [-0.39, 0.29) is 4.90 Å². The van der Waals surface area contributed by atoms with E-state index >= 15 is 4.39 Å². The Bertz CT molecular complexity index is 994. The van der Waals surface area contributed by atoms with Crippen LogP contribution in [0.25, 0.3) is 0 Å². The zero-order valence-electron chi connectivity index (χ0n) is 16.9. The second kappa shape index (κ2) is 9.35. The Balaban J connectivity index is 2.37. The smallest absolute Gasteiger partial charge is 0.396 e. The van der Waals surface area contributed by atoms with Gasteiger partial charge < -0.3 is 10.4 Å². The van der Waals surface area contributed by atoms with E-state index in [0.29, 0.717) is 11.1 Å². The van der Waals surface area contributed by atoms with Crippen molar-refractivity contribution in [1.82, 2.24) is 5.32 Å². The monoisotopic (exact) mass is 461 g/mol. The van der Waals surface area contributed by atoms with E-state index in [0.717, 1.165) is 0 Å². The Morgan fingerprint density at radius 3 is 2.06 bits per heavy atom. The third kappa shape index (κ3) is 5.43. The van der Waals surface area contributed by atoms with Crippen molar-refractivity contribution in [3.05, 3.63) is 65.7 Å². The van der Waals surface area contributed by atoms with Crippen LogP contribution in [0.1, 0.15) is 24.1 Å². The van der Waals surface area contributed by atoms with Crippen LogP contribution in [0.15, 0.2) is 59.5 Å². The quantitative estimate of drug-likeness (QED) is 0.590. The van der Waals surface area contributed by atoms with Gasteiger partial charge in [0.25, 0.3) is 11.6 Å². The van der Waals surface area contributed by atoms with Crippen LogP contribution in [0.5, 0.6) is 0 Å². The minimum atomic E-state index is -5.76. The van der Waals surface area contributed by atoms with Gasteiger partial charge in [-0.3, -0.25) is 4.79 Å². The van der Waals surface area contributed by atoms with Gasteiger partial charge in [0.2, 0.25) is 0 Å². The maximum absolute atomic E-state index is 15.4. The van der Waals surface area contributed by atoms with Gasteiger partial charge in [-0.25, -0.2) is 12.8 Å². The third-order valence-corrected chi connectivity index (χ3v) is 6.81. The topological polar surface area (TPSA) is 83.5 Å². The normalized spacial score (nSPS) is 16.2. The number of aliphatic hydroxyl groups is 1. The van der Waals surface area contributed by atoms with E-state index < -0.39 is 51.9 Å². The number of carbonyl (C=O) groups excluding carboxylic acids is 1. The maximum atomic E-state index is 15.4. The molecule has 0 heterocycles. The number of aryl methyl sites for hydroxylation is 1. The molecule has 2 aromatic carbocycles. The fourth-order valence-corrected chi connectivity index (χ4v) is 4.68. The van der Waals surface area contributed by atoms with Gasteiger partial charge >= 0.3 is 6.18 Å². The highest BCUT2D eigenvalue weighted by molar-refractivity contribution is 7.91. The van der Waals surface area contributed by atoms with Crippen molar-refractivity contribution >= 4 is 15.7 Å². The first-order chi connectivity index (χ1) is 14.3. The molecule has 0 aliphatic heterocycles. The van der Waals surface area contributed by atoms with Gasteiger partial charge in [-0.15, -0.1) is 0 Å². The molecule has 3 atom stereocenters. The molecule has 0 aliphatic rings. The lowest BCUT2D eigenvalue weighted by Gasteiger charge is -2.34. The molecule has 1 unspecified atom stereocenters. The molecule has 0 aliphatic carbocycles. The van der Waals surface area contributed by atoms with Crippen molar-refractivity contribution in [2.45, 2.75) is 36.6 Å². The summed E-state index contributed by atoms with van der Waals surface area (Å²) in [7, 11) is -4.43. The summed E-state index contributed by atoms with van der Waals surface area (Å²) < 4.78 is 81.7. The second-order valence-corrected chi connectivity index (χ2v) is 9.32. The van der Waals surface area contributed by atoms with Gasteiger partial charge in [-0.05, 0) is 31.5 Å². The second-order valence-electron chi connectivity index (χ2n) is 7.29. The van der Waals surface area contributed by atoms with Gasteiger partial charge in [-0.1, -0.05) is 48.0 Å². The highest BCUT2D eigenvalue weighted by Gasteiger charge is 2.66. The van der Waals surface area contributed by atoms with Crippen molar-refractivity contribution in [3.63, 3.8) is 0 Å². The van der Waals surface area contributed by atoms with Crippen LogP contribution in [0, 0.1) is 12.8 Å². The molecule has 0 spiro atoms. The summed E-state index contributed by atoms with van der Waals surface area (Å²) in [5.74, 6) is -6.04.